The molecule has 0 radical (unpaired) electrons. The van der Waals surface area contributed by atoms with Gasteiger partial charge in [-0.05, 0) is 54.6 Å². The lowest BCUT2D eigenvalue weighted by Crippen LogP contribution is -2.20. The molecule has 20 heavy (non-hydrogen) atoms. The number of rotatable bonds is 5. The fraction of sp³-hybridized carbons (Fsp3) is 0.250. The van der Waals surface area contributed by atoms with Gasteiger partial charge in [-0.3, -0.25) is 0 Å². The minimum Gasteiger partial charge on any atom is -0.330 e. The molecule has 0 amide bonds. The zero-order valence-electron chi connectivity index (χ0n) is 11.0. The zero-order chi connectivity index (χ0) is 14.5. The molecular formula is C16H16ClF2N. The molecule has 0 aliphatic rings. The van der Waals surface area contributed by atoms with Crippen molar-refractivity contribution in [3.63, 3.8) is 0 Å². The van der Waals surface area contributed by atoms with Crippen LogP contribution in [-0.4, -0.2) is 6.54 Å². The van der Waals surface area contributed by atoms with E-state index in [4.69, 9.17) is 17.3 Å². The summed E-state index contributed by atoms with van der Waals surface area (Å²) in [5.74, 6) is -1.53. The first-order chi connectivity index (χ1) is 9.60. The van der Waals surface area contributed by atoms with E-state index in [1.807, 2.05) is 24.3 Å². The molecule has 0 saturated carbocycles. The van der Waals surface area contributed by atoms with Crippen LogP contribution in [0.5, 0.6) is 0 Å². The van der Waals surface area contributed by atoms with Gasteiger partial charge in [-0.2, -0.15) is 0 Å². The first-order valence-corrected chi connectivity index (χ1v) is 6.85. The third-order valence-corrected chi connectivity index (χ3v) is 3.56. The van der Waals surface area contributed by atoms with Gasteiger partial charge in [0, 0.05) is 5.02 Å². The van der Waals surface area contributed by atoms with E-state index in [-0.39, 0.29) is 5.92 Å². The average molecular weight is 296 g/mol. The lowest BCUT2D eigenvalue weighted by molar-refractivity contribution is 0.473. The number of nitrogens with two attached hydrogens (primary N) is 1. The second-order valence-corrected chi connectivity index (χ2v) is 5.29. The van der Waals surface area contributed by atoms with Crippen molar-refractivity contribution in [2.75, 3.05) is 6.54 Å². The van der Waals surface area contributed by atoms with Crippen LogP contribution in [0.4, 0.5) is 8.78 Å². The molecule has 1 atom stereocenters. The van der Waals surface area contributed by atoms with Crippen LogP contribution >= 0.6 is 11.6 Å². The summed E-state index contributed by atoms with van der Waals surface area (Å²) in [6.07, 6.45) is 1.13. The van der Waals surface area contributed by atoms with Crippen molar-refractivity contribution in [1.29, 1.82) is 0 Å². The van der Waals surface area contributed by atoms with Gasteiger partial charge in [-0.25, -0.2) is 8.78 Å². The molecule has 1 nitrogen and oxygen atoms in total. The molecule has 106 valence electrons. The monoisotopic (exact) mass is 295 g/mol. The molecule has 2 aromatic carbocycles. The Bertz CT molecular complexity index is 569. The maximum absolute atomic E-state index is 13.7. The normalized spacial score (nSPS) is 12.4. The molecule has 0 aliphatic heterocycles. The molecule has 0 heterocycles. The van der Waals surface area contributed by atoms with Crippen LogP contribution in [-0.2, 0) is 12.8 Å². The zero-order valence-corrected chi connectivity index (χ0v) is 11.7. The molecule has 4 heteroatoms. The summed E-state index contributed by atoms with van der Waals surface area (Å²) < 4.78 is 26.8. The van der Waals surface area contributed by atoms with E-state index in [1.54, 1.807) is 6.07 Å². The molecule has 0 aliphatic carbocycles. The van der Waals surface area contributed by atoms with Crippen LogP contribution in [0, 0.1) is 17.6 Å². The molecule has 0 aromatic heterocycles. The molecule has 2 aromatic rings. The Labute approximate surface area is 122 Å². The van der Waals surface area contributed by atoms with Gasteiger partial charge < -0.3 is 5.73 Å². The van der Waals surface area contributed by atoms with Gasteiger partial charge in [-0.15, -0.1) is 0 Å². The average Bonchev–Trinajstić information content (AvgIpc) is 2.45. The predicted molar refractivity (Wildman–Crippen MR) is 77.8 cm³/mol. The highest BCUT2D eigenvalue weighted by atomic mass is 35.5. The Morgan fingerprint density at radius 2 is 1.70 bits per heavy atom. The Kier molecular flexibility index (Phi) is 5.10. The Morgan fingerprint density at radius 1 is 1.00 bits per heavy atom. The standard InChI is InChI=1S/C16H16ClF2N/c17-14-6-4-11(5-7-14)8-12(10-20)9-13-2-1-3-15(18)16(13)19/h1-7,12H,8-10,20H2. The van der Waals surface area contributed by atoms with Crippen LogP contribution < -0.4 is 5.73 Å². The van der Waals surface area contributed by atoms with Crippen molar-refractivity contribution < 1.29 is 8.78 Å². The largest absolute Gasteiger partial charge is 0.330 e. The van der Waals surface area contributed by atoms with Gasteiger partial charge in [0.15, 0.2) is 11.6 Å². The molecule has 2 N–H and O–H groups in total. The molecule has 2 rings (SSSR count). The number of hydrogen-bond acceptors (Lipinski definition) is 1. The minimum absolute atomic E-state index is 0.0625. The van der Waals surface area contributed by atoms with E-state index in [2.05, 4.69) is 0 Å². The maximum Gasteiger partial charge on any atom is 0.162 e. The number of benzene rings is 2. The lowest BCUT2D eigenvalue weighted by atomic mass is 9.92. The van der Waals surface area contributed by atoms with Crippen molar-refractivity contribution >= 4 is 11.6 Å². The number of hydrogen-bond donors (Lipinski definition) is 1. The summed E-state index contributed by atoms with van der Waals surface area (Å²) in [4.78, 5) is 0. The topological polar surface area (TPSA) is 26.0 Å². The summed E-state index contributed by atoms with van der Waals surface area (Å²) in [6, 6.07) is 11.7. The van der Waals surface area contributed by atoms with E-state index >= 15 is 0 Å². The first kappa shape index (κ1) is 14.9. The van der Waals surface area contributed by atoms with E-state index in [1.165, 1.54) is 6.07 Å². The molecular weight excluding hydrogens is 280 g/mol. The first-order valence-electron chi connectivity index (χ1n) is 6.47. The Morgan fingerprint density at radius 3 is 2.35 bits per heavy atom. The molecule has 1 unspecified atom stereocenters. The van der Waals surface area contributed by atoms with Gasteiger partial charge in [0.1, 0.15) is 0 Å². The van der Waals surface area contributed by atoms with Crippen LogP contribution in [0.15, 0.2) is 42.5 Å². The lowest BCUT2D eigenvalue weighted by Gasteiger charge is -2.15. The third kappa shape index (κ3) is 3.78. The van der Waals surface area contributed by atoms with Gasteiger partial charge >= 0.3 is 0 Å². The summed E-state index contributed by atoms with van der Waals surface area (Å²) in [7, 11) is 0. The molecule has 0 fully saturated rings. The highest BCUT2D eigenvalue weighted by molar-refractivity contribution is 6.30. The van der Waals surface area contributed by atoms with Crippen molar-refractivity contribution in [3.8, 4) is 0 Å². The quantitative estimate of drug-likeness (QED) is 0.887. The Balaban J connectivity index is 2.09. The van der Waals surface area contributed by atoms with Crippen molar-refractivity contribution in [1.82, 2.24) is 0 Å². The van der Waals surface area contributed by atoms with Gasteiger partial charge in [0.05, 0.1) is 0 Å². The van der Waals surface area contributed by atoms with Crippen LogP contribution in [0.1, 0.15) is 11.1 Å². The van der Waals surface area contributed by atoms with Crippen LogP contribution in [0.25, 0.3) is 0 Å². The number of halogens is 3. The fourth-order valence-electron chi connectivity index (χ4n) is 2.21. The van der Waals surface area contributed by atoms with Crippen LogP contribution in [0.3, 0.4) is 0 Å². The second-order valence-electron chi connectivity index (χ2n) is 4.85. The third-order valence-electron chi connectivity index (χ3n) is 3.31. The minimum atomic E-state index is -0.815. The maximum atomic E-state index is 13.7. The summed E-state index contributed by atoms with van der Waals surface area (Å²) in [5, 5.41) is 0.675. The Hall–Kier alpha value is -1.45. The van der Waals surface area contributed by atoms with Crippen LogP contribution in [0.2, 0.25) is 5.02 Å². The van der Waals surface area contributed by atoms with Crippen molar-refractivity contribution in [3.05, 3.63) is 70.2 Å². The molecule has 0 saturated heterocycles. The van der Waals surface area contributed by atoms with E-state index in [0.29, 0.717) is 30.0 Å². The van der Waals surface area contributed by atoms with E-state index in [0.717, 1.165) is 11.6 Å². The van der Waals surface area contributed by atoms with Gasteiger partial charge in [0.2, 0.25) is 0 Å². The highest BCUT2D eigenvalue weighted by Gasteiger charge is 2.14. The smallest absolute Gasteiger partial charge is 0.162 e. The highest BCUT2D eigenvalue weighted by Crippen LogP contribution is 2.19. The predicted octanol–water partition coefficient (Wildman–Crippen LogP) is 3.98. The summed E-state index contributed by atoms with van der Waals surface area (Å²) >= 11 is 5.83. The van der Waals surface area contributed by atoms with E-state index in [9.17, 15) is 8.78 Å². The molecule has 0 spiro atoms. The van der Waals surface area contributed by atoms with Crippen molar-refractivity contribution in [2.24, 2.45) is 11.7 Å². The fourth-order valence-corrected chi connectivity index (χ4v) is 2.34. The SMILES string of the molecule is NCC(Cc1ccc(Cl)cc1)Cc1cccc(F)c1F. The van der Waals surface area contributed by atoms with Gasteiger partial charge in [0.25, 0.3) is 0 Å². The summed E-state index contributed by atoms with van der Waals surface area (Å²) in [6.45, 7) is 0.415. The van der Waals surface area contributed by atoms with E-state index < -0.39 is 11.6 Å². The summed E-state index contributed by atoms with van der Waals surface area (Å²) in [5.41, 5.74) is 7.20. The molecule has 0 bridgehead atoms. The second kappa shape index (κ2) is 6.82. The van der Waals surface area contributed by atoms with Gasteiger partial charge in [-0.1, -0.05) is 35.9 Å². The van der Waals surface area contributed by atoms with Crippen molar-refractivity contribution in [2.45, 2.75) is 12.8 Å².